The van der Waals surface area contributed by atoms with E-state index in [4.69, 9.17) is 5.73 Å². The van der Waals surface area contributed by atoms with Crippen molar-refractivity contribution >= 4 is 11.3 Å². The summed E-state index contributed by atoms with van der Waals surface area (Å²) in [5, 5.41) is 3.24. The first-order chi connectivity index (χ1) is 10.0. The van der Waals surface area contributed by atoms with Crippen molar-refractivity contribution in [2.24, 2.45) is 5.73 Å². The Morgan fingerprint density at radius 2 is 1.81 bits per heavy atom. The molecular formula is C17H25N3S. The molecule has 1 unspecified atom stereocenters. The van der Waals surface area contributed by atoms with Crippen molar-refractivity contribution < 1.29 is 0 Å². The second-order valence-electron chi connectivity index (χ2n) is 5.85. The molecule has 0 saturated carbocycles. The molecule has 0 bridgehead atoms. The summed E-state index contributed by atoms with van der Waals surface area (Å²) >= 11 is 1.70. The number of aromatic nitrogens is 1. The van der Waals surface area contributed by atoms with Crippen molar-refractivity contribution in [3.63, 3.8) is 0 Å². The highest BCUT2D eigenvalue weighted by atomic mass is 32.1. The van der Waals surface area contributed by atoms with Crippen LogP contribution in [-0.4, -0.2) is 23.5 Å². The number of likely N-dealkylation sites (N-methyl/N-ethyl adjacent to an activating group) is 1. The molecule has 114 valence electrons. The lowest BCUT2D eigenvalue weighted by molar-refractivity contribution is 0.239. The van der Waals surface area contributed by atoms with Gasteiger partial charge in [-0.05, 0) is 31.0 Å². The third-order valence-corrected chi connectivity index (χ3v) is 4.64. The first-order valence-corrected chi connectivity index (χ1v) is 8.30. The zero-order valence-corrected chi connectivity index (χ0v) is 14.2. The Bertz CT molecular complexity index is 560. The van der Waals surface area contributed by atoms with Crippen LogP contribution < -0.4 is 5.73 Å². The molecule has 0 aliphatic carbocycles. The lowest BCUT2D eigenvalue weighted by atomic mass is 9.98. The van der Waals surface area contributed by atoms with Gasteiger partial charge in [0.1, 0.15) is 0 Å². The number of thiazole rings is 1. The van der Waals surface area contributed by atoms with Crippen LogP contribution >= 0.6 is 11.3 Å². The molecule has 0 radical (unpaired) electrons. The van der Waals surface area contributed by atoms with E-state index in [0.717, 1.165) is 17.2 Å². The highest BCUT2D eigenvalue weighted by molar-refractivity contribution is 7.09. The maximum absolute atomic E-state index is 6.00. The van der Waals surface area contributed by atoms with Crippen LogP contribution in [-0.2, 0) is 6.54 Å². The molecule has 0 aliphatic heterocycles. The summed E-state index contributed by atoms with van der Waals surface area (Å²) in [4.78, 5) is 6.81. The average Bonchev–Trinajstić information content (AvgIpc) is 2.85. The smallest absolute Gasteiger partial charge is 0.0897 e. The summed E-state index contributed by atoms with van der Waals surface area (Å²) in [6, 6.07) is 9.06. The quantitative estimate of drug-likeness (QED) is 0.884. The fraction of sp³-hybridized carbons (Fsp3) is 0.471. The first kappa shape index (κ1) is 16.1. The molecule has 2 aromatic rings. The van der Waals surface area contributed by atoms with Crippen molar-refractivity contribution in [1.82, 2.24) is 9.88 Å². The normalized spacial score (nSPS) is 13.1. The molecule has 0 aliphatic rings. The minimum Gasteiger partial charge on any atom is -0.329 e. The van der Waals surface area contributed by atoms with Crippen LogP contribution in [0.2, 0.25) is 0 Å². The topological polar surface area (TPSA) is 42.2 Å². The fourth-order valence-electron chi connectivity index (χ4n) is 2.52. The van der Waals surface area contributed by atoms with Crippen LogP contribution in [0, 0.1) is 6.92 Å². The van der Waals surface area contributed by atoms with Crippen LogP contribution in [0.25, 0.3) is 0 Å². The van der Waals surface area contributed by atoms with Gasteiger partial charge < -0.3 is 5.73 Å². The zero-order valence-electron chi connectivity index (χ0n) is 13.3. The van der Waals surface area contributed by atoms with Crippen LogP contribution in [0.15, 0.2) is 29.6 Å². The summed E-state index contributed by atoms with van der Waals surface area (Å²) in [5.41, 5.74) is 9.77. The molecule has 1 heterocycles. The lowest BCUT2D eigenvalue weighted by Crippen LogP contribution is -2.30. The molecule has 1 atom stereocenters. The molecule has 1 aromatic carbocycles. The van der Waals surface area contributed by atoms with E-state index in [1.807, 2.05) is 6.92 Å². The van der Waals surface area contributed by atoms with E-state index in [2.05, 4.69) is 60.4 Å². The summed E-state index contributed by atoms with van der Waals surface area (Å²) in [5.74, 6) is 0.561. The largest absolute Gasteiger partial charge is 0.329 e. The number of nitrogens with zero attached hydrogens (tertiary/aromatic N) is 2. The van der Waals surface area contributed by atoms with Gasteiger partial charge in [-0.25, -0.2) is 4.98 Å². The van der Waals surface area contributed by atoms with Crippen LogP contribution in [0.1, 0.15) is 47.6 Å². The SMILES string of the molecule is Cc1nc(CN(C)C(CN)c2ccc(C(C)C)cc2)cs1. The Labute approximate surface area is 131 Å². The van der Waals surface area contributed by atoms with E-state index in [1.165, 1.54) is 11.1 Å². The monoisotopic (exact) mass is 303 g/mol. The van der Waals surface area contributed by atoms with Crippen molar-refractivity contribution in [1.29, 1.82) is 0 Å². The van der Waals surface area contributed by atoms with E-state index in [-0.39, 0.29) is 6.04 Å². The van der Waals surface area contributed by atoms with Gasteiger partial charge in [0.25, 0.3) is 0 Å². The molecule has 2 rings (SSSR count). The minimum atomic E-state index is 0.230. The van der Waals surface area contributed by atoms with Crippen molar-refractivity contribution in [2.75, 3.05) is 13.6 Å². The zero-order chi connectivity index (χ0) is 15.4. The summed E-state index contributed by atoms with van der Waals surface area (Å²) in [7, 11) is 2.11. The number of benzene rings is 1. The third kappa shape index (κ3) is 4.13. The summed E-state index contributed by atoms with van der Waals surface area (Å²) in [6.45, 7) is 7.91. The molecule has 1 aromatic heterocycles. The van der Waals surface area contributed by atoms with E-state index in [9.17, 15) is 0 Å². The van der Waals surface area contributed by atoms with E-state index < -0.39 is 0 Å². The predicted molar refractivity (Wildman–Crippen MR) is 90.6 cm³/mol. The van der Waals surface area contributed by atoms with Crippen molar-refractivity contribution in [2.45, 2.75) is 39.3 Å². The first-order valence-electron chi connectivity index (χ1n) is 7.42. The molecule has 0 saturated heterocycles. The van der Waals surface area contributed by atoms with Gasteiger partial charge in [-0.15, -0.1) is 11.3 Å². The van der Waals surface area contributed by atoms with Gasteiger partial charge in [-0.1, -0.05) is 38.1 Å². The molecular weight excluding hydrogens is 278 g/mol. The molecule has 0 fully saturated rings. The molecule has 21 heavy (non-hydrogen) atoms. The highest BCUT2D eigenvalue weighted by Crippen LogP contribution is 2.23. The molecule has 0 spiro atoms. The van der Waals surface area contributed by atoms with Gasteiger partial charge in [-0.3, -0.25) is 4.90 Å². The molecule has 3 nitrogen and oxygen atoms in total. The van der Waals surface area contributed by atoms with Gasteiger partial charge in [0.2, 0.25) is 0 Å². The fourth-order valence-corrected chi connectivity index (χ4v) is 3.12. The number of nitrogens with two attached hydrogens (primary N) is 1. The van der Waals surface area contributed by atoms with Gasteiger partial charge in [0, 0.05) is 24.5 Å². The van der Waals surface area contributed by atoms with Gasteiger partial charge in [-0.2, -0.15) is 0 Å². The van der Waals surface area contributed by atoms with E-state index >= 15 is 0 Å². The van der Waals surface area contributed by atoms with Gasteiger partial charge in [0.15, 0.2) is 0 Å². The predicted octanol–water partition coefficient (Wildman–Crippen LogP) is 3.71. The Hall–Kier alpha value is -1.23. The summed E-state index contributed by atoms with van der Waals surface area (Å²) < 4.78 is 0. The van der Waals surface area contributed by atoms with Gasteiger partial charge in [0.05, 0.1) is 10.7 Å². The maximum Gasteiger partial charge on any atom is 0.0897 e. The second-order valence-corrected chi connectivity index (χ2v) is 6.91. The molecule has 4 heteroatoms. The third-order valence-electron chi connectivity index (χ3n) is 3.82. The maximum atomic E-state index is 6.00. The van der Waals surface area contributed by atoms with Crippen LogP contribution in [0.3, 0.4) is 0 Å². The number of hydrogen-bond acceptors (Lipinski definition) is 4. The Balaban J connectivity index is 2.10. The average molecular weight is 303 g/mol. The standard InChI is InChI=1S/C17H25N3S/c1-12(2)14-5-7-15(8-6-14)17(9-18)20(4)10-16-11-21-13(3)19-16/h5-8,11-12,17H,9-10,18H2,1-4H3. The van der Waals surface area contributed by atoms with Crippen LogP contribution in [0.5, 0.6) is 0 Å². The molecule has 0 amide bonds. The number of aryl methyl sites for hydroxylation is 1. The lowest BCUT2D eigenvalue weighted by Gasteiger charge is -2.27. The Morgan fingerprint density at radius 3 is 2.29 bits per heavy atom. The Morgan fingerprint density at radius 1 is 1.19 bits per heavy atom. The van der Waals surface area contributed by atoms with E-state index in [1.54, 1.807) is 11.3 Å². The minimum absolute atomic E-state index is 0.230. The number of hydrogen-bond donors (Lipinski definition) is 1. The molecule has 2 N–H and O–H groups in total. The van der Waals surface area contributed by atoms with Crippen molar-refractivity contribution in [3.05, 3.63) is 51.5 Å². The van der Waals surface area contributed by atoms with Gasteiger partial charge >= 0.3 is 0 Å². The van der Waals surface area contributed by atoms with Crippen molar-refractivity contribution in [3.8, 4) is 0 Å². The van der Waals surface area contributed by atoms with E-state index in [0.29, 0.717) is 12.5 Å². The highest BCUT2D eigenvalue weighted by Gasteiger charge is 2.16. The summed E-state index contributed by atoms with van der Waals surface area (Å²) in [6.07, 6.45) is 0. The second kappa shape index (κ2) is 7.16. The van der Waals surface area contributed by atoms with Crippen LogP contribution in [0.4, 0.5) is 0 Å². The Kier molecular flexibility index (Phi) is 5.51. The number of rotatable bonds is 6.